The number of methoxy groups -OCH3 is 1. The van der Waals surface area contributed by atoms with Gasteiger partial charge in [-0.2, -0.15) is 13.2 Å². The zero-order valence-corrected chi connectivity index (χ0v) is 10.7. The fraction of sp³-hybridized carbons (Fsp3) is 0.133. The SMILES string of the molecule is COc1ccc(C=Nc2ccc(C(F)(F)F)cc2)cc1. The summed E-state index contributed by atoms with van der Waals surface area (Å²) in [6.45, 7) is 0. The van der Waals surface area contributed by atoms with Gasteiger partial charge in [0.05, 0.1) is 18.4 Å². The second kappa shape index (κ2) is 5.77. The van der Waals surface area contributed by atoms with Gasteiger partial charge >= 0.3 is 6.18 Å². The lowest BCUT2D eigenvalue weighted by molar-refractivity contribution is -0.137. The maximum absolute atomic E-state index is 12.4. The second-order valence-electron chi connectivity index (χ2n) is 4.08. The van der Waals surface area contributed by atoms with Crippen LogP contribution >= 0.6 is 0 Å². The fourth-order valence-corrected chi connectivity index (χ4v) is 1.58. The number of benzene rings is 2. The van der Waals surface area contributed by atoms with E-state index in [9.17, 15) is 13.2 Å². The van der Waals surface area contributed by atoms with Gasteiger partial charge in [0.1, 0.15) is 5.75 Å². The number of hydrogen-bond donors (Lipinski definition) is 0. The van der Waals surface area contributed by atoms with Crippen molar-refractivity contribution in [1.82, 2.24) is 0 Å². The molecule has 2 rings (SSSR count). The van der Waals surface area contributed by atoms with Crippen molar-refractivity contribution in [3.8, 4) is 5.75 Å². The Labute approximate surface area is 114 Å². The third-order valence-electron chi connectivity index (χ3n) is 2.67. The molecule has 20 heavy (non-hydrogen) atoms. The first-order valence-corrected chi connectivity index (χ1v) is 5.84. The Kier molecular flexibility index (Phi) is 4.08. The molecule has 0 aliphatic rings. The maximum atomic E-state index is 12.4. The van der Waals surface area contributed by atoms with E-state index in [4.69, 9.17) is 4.74 Å². The van der Waals surface area contributed by atoms with Gasteiger partial charge in [-0.3, -0.25) is 4.99 Å². The standard InChI is InChI=1S/C15H12F3NO/c1-20-14-8-2-11(3-9-14)10-19-13-6-4-12(5-7-13)15(16,17)18/h2-10H,1H3. The van der Waals surface area contributed by atoms with Crippen molar-refractivity contribution in [3.63, 3.8) is 0 Å². The molecule has 0 bridgehead atoms. The molecule has 0 unspecified atom stereocenters. The van der Waals surface area contributed by atoms with E-state index in [0.717, 1.165) is 23.4 Å². The van der Waals surface area contributed by atoms with E-state index in [1.165, 1.54) is 12.1 Å². The molecule has 0 aliphatic carbocycles. The van der Waals surface area contributed by atoms with Crippen molar-refractivity contribution < 1.29 is 17.9 Å². The van der Waals surface area contributed by atoms with E-state index < -0.39 is 11.7 Å². The summed E-state index contributed by atoms with van der Waals surface area (Å²) in [5.74, 6) is 0.733. The van der Waals surface area contributed by atoms with Crippen molar-refractivity contribution in [1.29, 1.82) is 0 Å². The normalized spacial score (nSPS) is 11.8. The molecule has 0 fully saturated rings. The van der Waals surface area contributed by atoms with Crippen LogP contribution in [0.1, 0.15) is 11.1 Å². The van der Waals surface area contributed by atoms with Gasteiger partial charge in [0.25, 0.3) is 0 Å². The monoisotopic (exact) mass is 279 g/mol. The van der Waals surface area contributed by atoms with E-state index in [0.29, 0.717) is 5.69 Å². The molecule has 0 saturated heterocycles. The van der Waals surface area contributed by atoms with Crippen LogP contribution in [0.15, 0.2) is 53.5 Å². The highest BCUT2D eigenvalue weighted by Gasteiger charge is 2.29. The second-order valence-corrected chi connectivity index (χ2v) is 4.08. The highest BCUT2D eigenvalue weighted by atomic mass is 19.4. The number of rotatable bonds is 3. The summed E-state index contributed by atoms with van der Waals surface area (Å²) in [6.07, 6.45) is -2.74. The van der Waals surface area contributed by atoms with Crippen LogP contribution in [0.3, 0.4) is 0 Å². The average molecular weight is 279 g/mol. The Hall–Kier alpha value is -2.30. The van der Waals surface area contributed by atoms with Gasteiger partial charge in [-0.1, -0.05) is 0 Å². The molecule has 2 aromatic rings. The minimum Gasteiger partial charge on any atom is -0.497 e. The van der Waals surface area contributed by atoms with Crippen molar-refractivity contribution in [2.45, 2.75) is 6.18 Å². The number of ether oxygens (including phenoxy) is 1. The highest BCUT2D eigenvalue weighted by Crippen LogP contribution is 2.30. The van der Waals surface area contributed by atoms with Gasteiger partial charge in [-0.25, -0.2) is 0 Å². The van der Waals surface area contributed by atoms with Crippen LogP contribution < -0.4 is 4.74 Å². The van der Waals surface area contributed by atoms with Crippen molar-refractivity contribution in [2.75, 3.05) is 7.11 Å². The first kappa shape index (κ1) is 14.1. The minimum atomic E-state index is -4.32. The zero-order chi connectivity index (χ0) is 14.6. The number of hydrogen-bond acceptors (Lipinski definition) is 2. The first-order chi connectivity index (χ1) is 9.49. The van der Waals surface area contributed by atoms with Crippen LogP contribution in [0, 0.1) is 0 Å². The third kappa shape index (κ3) is 3.60. The number of alkyl halides is 3. The van der Waals surface area contributed by atoms with Crippen LogP contribution in [-0.2, 0) is 6.18 Å². The molecule has 0 spiro atoms. The quantitative estimate of drug-likeness (QED) is 0.760. The maximum Gasteiger partial charge on any atom is 0.416 e. The molecular formula is C15H12F3NO. The Bertz CT molecular complexity index is 586. The Morgan fingerprint density at radius 2 is 1.55 bits per heavy atom. The Morgan fingerprint density at radius 3 is 2.05 bits per heavy atom. The predicted octanol–water partition coefficient (Wildman–Crippen LogP) is 4.46. The van der Waals surface area contributed by atoms with E-state index in [1.54, 1.807) is 25.5 Å². The molecule has 0 aromatic heterocycles. The van der Waals surface area contributed by atoms with Gasteiger partial charge in [0.2, 0.25) is 0 Å². The summed E-state index contributed by atoms with van der Waals surface area (Å²) in [5.41, 5.74) is 0.625. The summed E-state index contributed by atoms with van der Waals surface area (Å²) >= 11 is 0. The highest BCUT2D eigenvalue weighted by molar-refractivity contribution is 5.82. The van der Waals surface area contributed by atoms with E-state index in [1.807, 2.05) is 12.1 Å². The lowest BCUT2D eigenvalue weighted by atomic mass is 10.2. The van der Waals surface area contributed by atoms with E-state index in [2.05, 4.69) is 4.99 Å². The summed E-state index contributed by atoms with van der Waals surface area (Å²) in [5, 5.41) is 0. The van der Waals surface area contributed by atoms with E-state index >= 15 is 0 Å². The molecule has 0 N–H and O–H groups in total. The molecule has 0 aliphatic heterocycles. The molecule has 0 heterocycles. The molecule has 5 heteroatoms. The summed E-state index contributed by atoms with van der Waals surface area (Å²) < 4.78 is 42.2. The smallest absolute Gasteiger partial charge is 0.416 e. The summed E-state index contributed by atoms with van der Waals surface area (Å²) in [4.78, 5) is 4.12. The first-order valence-electron chi connectivity index (χ1n) is 5.84. The van der Waals surface area contributed by atoms with Crippen LogP contribution in [0.4, 0.5) is 18.9 Å². The largest absolute Gasteiger partial charge is 0.497 e. The average Bonchev–Trinajstić information content (AvgIpc) is 2.45. The molecule has 0 amide bonds. The van der Waals surface area contributed by atoms with Crippen LogP contribution in [0.5, 0.6) is 5.75 Å². The van der Waals surface area contributed by atoms with Gasteiger partial charge in [-0.15, -0.1) is 0 Å². The van der Waals surface area contributed by atoms with Gasteiger partial charge in [0, 0.05) is 6.21 Å². The van der Waals surface area contributed by atoms with Gasteiger partial charge < -0.3 is 4.74 Å². The topological polar surface area (TPSA) is 21.6 Å². The van der Waals surface area contributed by atoms with Crippen molar-refractivity contribution >= 4 is 11.9 Å². The minimum absolute atomic E-state index is 0.466. The van der Waals surface area contributed by atoms with E-state index in [-0.39, 0.29) is 0 Å². The van der Waals surface area contributed by atoms with Crippen LogP contribution in [-0.4, -0.2) is 13.3 Å². The number of aliphatic imine (C=N–C) groups is 1. The lowest BCUT2D eigenvalue weighted by Gasteiger charge is -2.05. The molecule has 104 valence electrons. The molecular weight excluding hydrogens is 267 g/mol. The fourth-order valence-electron chi connectivity index (χ4n) is 1.58. The Balaban J connectivity index is 2.10. The van der Waals surface area contributed by atoms with Crippen LogP contribution in [0.25, 0.3) is 0 Å². The molecule has 0 atom stereocenters. The number of halogens is 3. The summed E-state index contributed by atoms with van der Waals surface area (Å²) in [6, 6.07) is 11.9. The summed E-state index contributed by atoms with van der Waals surface area (Å²) in [7, 11) is 1.57. The zero-order valence-electron chi connectivity index (χ0n) is 10.7. The molecule has 0 saturated carbocycles. The third-order valence-corrected chi connectivity index (χ3v) is 2.67. The molecule has 0 radical (unpaired) electrons. The van der Waals surface area contributed by atoms with Gasteiger partial charge in [0.15, 0.2) is 0 Å². The van der Waals surface area contributed by atoms with Gasteiger partial charge in [-0.05, 0) is 54.1 Å². The van der Waals surface area contributed by atoms with Crippen molar-refractivity contribution in [2.24, 2.45) is 4.99 Å². The van der Waals surface area contributed by atoms with Crippen LogP contribution in [0.2, 0.25) is 0 Å². The number of nitrogens with zero attached hydrogens (tertiary/aromatic N) is 1. The van der Waals surface area contributed by atoms with Crippen molar-refractivity contribution in [3.05, 3.63) is 59.7 Å². The predicted molar refractivity (Wildman–Crippen MR) is 71.7 cm³/mol. The molecule has 2 aromatic carbocycles. The molecule has 2 nitrogen and oxygen atoms in total. The Morgan fingerprint density at radius 1 is 0.950 bits per heavy atom. The lowest BCUT2D eigenvalue weighted by Crippen LogP contribution is -2.03.